The first-order chi connectivity index (χ1) is 9.62. The van der Waals surface area contributed by atoms with Crippen molar-refractivity contribution in [2.45, 2.75) is 93.8 Å². The fourth-order valence-corrected chi connectivity index (χ4v) is 51.8. The Labute approximate surface area is 182 Å². The Balaban J connectivity index is 0. The Morgan fingerprint density at radius 2 is 0.913 bits per heavy atom. The van der Waals surface area contributed by atoms with Gasteiger partial charge >= 0.3 is 0 Å². The van der Waals surface area contributed by atoms with Crippen molar-refractivity contribution in [1.29, 1.82) is 0 Å². The van der Waals surface area contributed by atoms with Crippen LogP contribution in [0.15, 0.2) is 0 Å². The van der Waals surface area contributed by atoms with Gasteiger partial charge in [-0.15, -0.1) is 8.80 Å². The van der Waals surface area contributed by atoms with Crippen molar-refractivity contribution in [1.82, 2.24) is 0 Å². The maximum Gasteiger partial charge on any atom is 0.0416 e. The van der Waals surface area contributed by atoms with Crippen LogP contribution in [-0.4, -0.2) is 50.6 Å². The van der Waals surface area contributed by atoms with Crippen LogP contribution < -0.4 is 0 Å². The summed E-state index contributed by atoms with van der Waals surface area (Å²) in [4.78, 5) is 0. The van der Waals surface area contributed by atoms with E-state index in [1.54, 1.807) is 28.3 Å². The molecule has 3 atom stereocenters. The number of rotatable bonds is 10. The molecule has 0 aliphatic heterocycles. The first kappa shape index (κ1) is 27.6. The first-order valence-electron chi connectivity index (χ1n) is 9.45. The van der Waals surface area contributed by atoms with Crippen LogP contribution >= 0.6 is 0 Å². The van der Waals surface area contributed by atoms with Gasteiger partial charge in [-0.2, -0.15) is 0 Å². The van der Waals surface area contributed by atoms with Gasteiger partial charge in [0.15, 0.2) is 0 Å². The normalized spacial score (nSPS) is 17.3. The summed E-state index contributed by atoms with van der Waals surface area (Å²) < 4.78 is 0. The molecule has 0 spiro atoms. The largest absolute Gasteiger partial charge is 0.345 e. The minimum atomic E-state index is -0.906. The van der Waals surface area contributed by atoms with Crippen molar-refractivity contribution in [3.8, 4) is 0 Å². The van der Waals surface area contributed by atoms with Crippen LogP contribution in [0, 0.1) is 6.55 Å². The summed E-state index contributed by atoms with van der Waals surface area (Å²) in [5.41, 5.74) is 8.38. The predicted molar refractivity (Wildman–Crippen MR) is 127 cm³/mol. The Morgan fingerprint density at radius 3 is 1.22 bits per heavy atom. The molecule has 1 radical (unpaired) electrons. The van der Waals surface area contributed by atoms with E-state index in [2.05, 4.69) is 72.0 Å². The summed E-state index contributed by atoms with van der Waals surface area (Å²) in [5, 5.41) is 0. The van der Waals surface area contributed by atoms with Crippen LogP contribution in [0.3, 0.4) is 0 Å². The maximum absolute atomic E-state index is 4.39. The minimum absolute atomic E-state index is 0. The van der Waals surface area contributed by atoms with Crippen molar-refractivity contribution >= 4 is 50.6 Å². The second kappa shape index (κ2) is 11.3. The molecule has 0 aromatic carbocycles. The van der Waals surface area contributed by atoms with Gasteiger partial charge in [-0.05, 0) is 0 Å². The molecule has 0 saturated carbocycles. The third kappa shape index (κ3) is 16.3. The fraction of sp³-hybridized carbons (Fsp3) is 0.938. The monoisotopic (exact) mass is 494 g/mol. The molecule has 0 rings (SSSR count). The van der Waals surface area contributed by atoms with Crippen molar-refractivity contribution in [2.75, 3.05) is 0 Å². The van der Waals surface area contributed by atoms with E-state index in [-0.39, 0.29) is 32.7 Å². The Morgan fingerprint density at radius 1 is 0.609 bits per heavy atom. The summed E-state index contributed by atoms with van der Waals surface area (Å²) in [6, 6.07) is 0. The molecule has 137 valence electrons. The Bertz CT molecular complexity index is 325. The van der Waals surface area contributed by atoms with Gasteiger partial charge in [-0.3, -0.25) is 0 Å². The third-order valence-corrected chi connectivity index (χ3v) is 41.1. The molecule has 0 heterocycles. The predicted octanol–water partition coefficient (Wildman–Crippen LogP) is 5.38. The second-order valence-electron chi connectivity index (χ2n) is 11.2. The molecule has 0 bridgehead atoms. The zero-order valence-electron chi connectivity index (χ0n) is 18.1. The van der Waals surface area contributed by atoms with Crippen molar-refractivity contribution in [3.05, 3.63) is 6.55 Å². The summed E-state index contributed by atoms with van der Waals surface area (Å²) in [7, 11) is -4.13. The van der Waals surface area contributed by atoms with E-state index in [1.807, 2.05) is 0 Å². The fourth-order valence-electron chi connectivity index (χ4n) is 5.13. The van der Waals surface area contributed by atoms with E-state index < -0.39 is 50.6 Å². The van der Waals surface area contributed by atoms with Gasteiger partial charge in [-0.1, -0.05) is 93.8 Å². The van der Waals surface area contributed by atoms with E-state index in [0.29, 0.717) is 0 Å². The molecular weight excluding hydrogens is 450 g/mol. The molecule has 3 unspecified atom stereocenters. The summed E-state index contributed by atoms with van der Waals surface area (Å²) in [6.45, 7) is 30.7. The summed E-state index contributed by atoms with van der Waals surface area (Å²) in [5.74, 6) is 0. The van der Waals surface area contributed by atoms with E-state index >= 15 is 0 Å². The van der Waals surface area contributed by atoms with Gasteiger partial charge in [0, 0.05) is 74.5 Å². The quantitative estimate of drug-likeness (QED) is 0.282. The maximum atomic E-state index is 4.39. The third-order valence-electron chi connectivity index (χ3n) is 4.57. The average molecular weight is 495 g/mol. The summed E-state index contributed by atoms with van der Waals surface area (Å²) >= 11 is 0. The molecule has 0 N–H and O–H groups in total. The van der Waals surface area contributed by atoms with Crippen LogP contribution in [0.5, 0.6) is 0 Å². The van der Waals surface area contributed by atoms with Gasteiger partial charge in [0.1, 0.15) is 0 Å². The van der Waals surface area contributed by atoms with Crippen LogP contribution in [0.1, 0.15) is 0 Å². The van der Waals surface area contributed by atoms with E-state index in [1.165, 1.54) is 0 Å². The SMILES string of the molecule is [CH2-][SiH](C)C[Si](C)(C)C[SiH](C)C[Si](C)(C)C[SiH](C)C[Si](C)(C)C.[Y]. The molecule has 0 saturated heterocycles. The molecule has 0 aromatic rings. The van der Waals surface area contributed by atoms with E-state index in [0.717, 1.165) is 0 Å². The molecule has 23 heavy (non-hydrogen) atoms. The molecule has 0 fully saturated rings. The minimum Gasteiger partial charge on any atom is -0.345 e. The van der Waals surface area contributed by atoms with Crippen molar-refractivity contribution in [2.24, 2.45) is 0 Å². The molecule has 0 aliphatic carbocycles. The summed E-state index contributed by atoms with van der Waals surface area (Å²) in [6.07, 6.45) is 0. The molecular formula is C16H45Si6Y-. The van der Waals surface area contributed by atoms with Crippen LogP contribution in [0.4, 0.5) is 0 Å². The van der Waals surface area contributed by atoms with Crippen LogP contribution in [-0.2, 0) is 32.7 Å². The smallest absolute Gasteiger partial charge is 0.0416 e. The number of hydrogen-bond acceptors (Lipinski definition) is 0. The molecule has 0 aliphatic rings. The van der Waals surface area contributed by atoms with E-state index in [4.69, 9.17) is 0 Å². The van der Waals surface area contributed by atoms with Crippen LogP contribution in [0.25, 0.3) is 0 Å². The zero-order valence-corrected chi connectivity index (χ0v) is 27.4. The molecule has 0 amide bonds. The molecule has 0 nitrogen and oxygen atoms in total. The number of hydrogen-bond donors (Lipinski definition) is 0. The topological polar surface area (TPSA) is 0 Å². The molecule has 7 heteroatoms. The van der Waals surface area contributed by atoms with Crippen molar-refractivity contribution < 1.29 is 32.7 Å². The van der Waals surface area contributed by atoms with Gasteiger partial charge in [0.2, 0.25) is 0 Å². The van der Waals surface area contributed by atoms with Crippen LogP contribution in [0.2, 0.25) is 93.8 Å². The van der Waals surface area contributed by atoms with Gasteiger partial charge in [0.05, 0.1) is 0 Å². The Hall–Kier alpha value is 2.41. The van der Waals surface area contributed by atoms with Gasteiger partial charge < -0.3 is 6.55 Å². The second-order valence-corrected chi connectivity index (χ2v) is 39.8. The standard InChI is InChI=1S/C16H45Si6.Y/c1-17(2)12-21(8,9)15-19(4)16-22(10,11)14-18(3)13-20(5,6)7;/h17-19H,1,12-16H2,2-11H3;/q-1;. The Kier molecular flexibility index (Phi) is 13.6. The van der Waals surface area contributed by atoms with E-state index in [9.17, 15) is 0 Å². The average Bonchev–Trinajstić information content (AvgIpc) is 2.05. The molecule has 0 aromatic heterocycles. The zero-order chi connectivity index (χ0) is 17.8. The van der Waals surface area contributed by atoms with Crippen molar-refractivity contribution in [3.63, 3.8) is 0 Å². The first-order valence-corrected chi connectivity index (χ1v) is 28.3. The van der Waals surface area contributed by atoms with Gasteiger partial charge in [0.25, 0.3) is 0 Å². The van der Waals surface area contributed by atoms with Gasteiger partial charge in [-0.25, -0.2) is 0 Å².